The maximum Gasteiger partial charge on any atom is 0.276 e. The predicted octanol–water partition coefficient (Wildman–Crippen LogP) is 4.48. The summed E-state index contributed by atoms with van der Waals surface area (Å²) in [5, 5.41) is 7.90. The summed E-state index contributed by atoms with van der Waals surface area (Å²) in [4.78, 5) is 12.1. The van der Waals surface area contributed by atoms with Crippen LogP contribution in [-0.4, -0.2) is 15.7 Å². The quantitative estimate of drug-likeness (QED) is 0.728. The number of amides is 1. The van der Waals surface area contributed by atoms with E-state index in [9.17, 15) is 4.79 Å². The Morgan fingerprint density at radius 1 is 1.12 bits per heavy atom. The SMILES string of the molecule is O=C(Nc1ccccc1)c1ccn(COc2ccc(Cl)cc2Cl)n1. The fourth-order valence-corrected chi connectivity index (χ4v) is 2.46. The summed E-state index contributed by atoms with van der Waals surface area (Å²) in [5.41, 5.74) is 1.01. The van der Waals surface area contributed by atoms with Crippen LogP contribution in [0.15, 0.2) is 60.8 Å². The van der Waals surface area contributed by atoms with Crippen molar-refractivity contribution in [1.29, 1.82) is 0 Å². The number of ether oxygens (including phenoxy) is 1. The number of nitrogens with one attached hydrogen (secondary N) is 1. The average Bonchev–Trinajstić information content (AvgIpc) is 3.04. The summed E-state index contributed by atoms with van der Waals surface area (Å²) in [6.45, 7) is 0.125. The van der Waals surface area contributed by atoms with Gasteiger partial charge in [-0.1, -0.05) is 41.4 Å². The molecule has 0 saturated carbocycles. The van der Waals surface area contributed by atoms with Gasteiger partial charge in [0.05, 0.1) is 5.02 Å². The van der Waals surface area contributed by atoms with E-state index in [4.69, 9.17) is 27.9 Å². The van der Waals surface area contributed by atoms with Crippen molar-refractivity contribution in [3.63, 3.8) is 0 Å². The van der Waals surface area contributed by atoms with Gasteiger partial charge in [-0.3, -0.25) is 4.79 Å². The van der Waals surface area contributed by atoms with E-state index in [1.54, 1.807) is 42.6 Å². The zero-order chi connectivity index (χ0) is 16.9. The molecule has 0 saturated heterocycles. The molecule has 24 heavy (non-hydrogen) atoms. The Kier molecular flexibility index (Phi) is 5.03. The van der Waals surface area contributed by atoms with Crippen molar-refractivity contribution in [2.24, 2.45) is 0 Å². The van der Waals surface area contributed by atoms with Gasteiger partial charge in [0.2, 0.25) is 0 Å². The molecule has 0 spiro atoms. The summed E-state index contributed by atoms with van der Waals surface area (Å²) >= 11 is 11.9. The van der Waals surface area contributed by atoms with Gasteiger partial charge < -0.3 is 10.1 Å². The summed E-state index contributed by atoms with van der Waals surface area (Å²) in [6, 6.07) is 15.8. The van der Waals surface area contributed by atoms with Gasteiger partial charge in [-0.2, -0.15) is 5.10 Å². The highest BCUT2D eigenvalue weighted by atomic mass is 35.5. The third kappa shape index (κ3) is 4.07. The lowest BCUT2D eigenvalue weighted by Gasteiger charge is -2.08. The Labute approximate surface area is 148 Å². The van der Waals surface area contributed by atoms with Gasteiger partial charge in [0.15, 0.2) is 12.4 Å². The van der Waals surface area contributed by atoms with Crippen molar-refractivity contribution in [2.45, 2.75) is 6.73 Å². The molecular formula is C17H13Cl2N3O2. The number of halogens is 2. The van der Waals surface area contributed by atoms with Gasteiger partial charge in [-0.25, -0.2) is 4.68 Å². The third-order valence-corrected chi connectivity index (χ3v) is 3.68. The van der Waals surface area contributed by atoms with Crippen LogP contribution in [-0.2, 0) is 6.73 Å². The van der Waals surface area contributed by atoms with Gasteiger partial charge in [-0.05, 0) is 36.4 Å². The molecule has 5 nitrogen and oxygen atoms in total. The van der Waals surface area contributed by atoms with Gasteiger partial charge in [-0.15, -0.1) is 0 Å². The minimum absolute atomic E-state index is 0.125. The van der Waals surface area contributed by atoms with Crippen molar-refractivity contribution in [1.82, 2.24) is 9.78 Å². The van der Waals surface area contributed by atoms with E-state index in [1.165, 1.54) is 4.68 Å². The molecule has 0 unspecified atom stereocenters. The lowest BCUT2D eigenvalue weighted by atomic mass is 10.3. The van der Waals surface area contributed by atoms with E-state index < -0.39 is 0 Å². The number of para-hydroxylation sites is 1. The first-order valence-electron chi connectivity index (χ1n) is 7.09. The Hall–Kier alpha value is -2.50. The molecular weight excluding hydrogens is 349 g/mol. The topological polar surface area (TPSA) is 56.2 Å². The van der Waals surface area contributed by atoms with Gasteiger partial charge in [0, 0.05) is 16.9 Å². The Morgan fingerprint density at radius 3 is 2.67 bits per heavy atom. The van der Waals surface area contributed by atoms with Crippen LogP contribution in [0.5, 0.6) is 5.75 Å². The van der Waals surface area contributed by atoms with Crippen LogP contribution in [0.1, 0.15) is 10.5 Å². The van der Waals surface area contributed by atoms with E-state index in [0.29, 0.717) is 27.2 Å². The van der Waals surface area contributed by atoms with Crippen molar-refractivity contribution in [2.75, 3.05) is 5.32 Å². The number of aromatic nitrogens is 2. The van der Waals surface area contributed by atoms with Crippen molar-refractivity contribution < 1.29 is 9.53 Å². The van der Waals surface area contributed by atoms with Crippen LogP contribution in [0.2, 0.25) is 10.0 Å². The van der Waals surface area contributed by atoms with E-state index in [0.717, 1.165) is 0 Å². The third-order valence-electron chi connectivity index (χ3n) is 3.15. The molecule has 1 heterocycles. The zero-order valence-corrected chi connectivity index (χ0v) is 14.0. The molecule has 0 aliphatic rings. The number of hydrogen-bond acceptors (Lipinski definition) is 3. The molecule has 0 atom stereocenters. The second kappa shape index (κ2) is 7.38. The molecule has 3 rings (SSSR count). The maximum absolute atomic E-state index is 12.1. The monoisotopic (exact) mass is 361 g/mol. The molecule has 7 heteroatoms. The number of carbonyl (C=O) groups is 1. The Balaban J connectivity index is 1.62. The molecule has 0 aliphatic carbocycles. The second-order valence-corrected chi connectivity index (χ2v) is 5.75. The molecule has 1 aromatic heterocycles. The molecule has 0 aliphatic heterocycles. The molecule has 1 N–H and O–H groups in total. The number of benzene rings is 2. The lowest BCUT2D eigenvalue weighted by Crippen LogP contribution is -2.14. The second-order valence-electron chi connectivity index (χ2n) is 4.91. The molecule has 1 amide bonds. The highest BCUT2D eigenvalue weighted by Crippen LogP contribution is 2.27. The van der Waals surface area contributed by atoms with Crippen LogP contribution < -0.4 is 10.1 Å². The summed E-state index contributed by atoms with van der Waals surface area (Å²) in [5.74, 6) is 0.205. The Bertz CT molecular complexity index is 850. The van der Waals surface area contributed by atoms with Crippen LogP contribution in [0.25, 0.3) is 0 Å². The van der Waals surface area contributed by atoms with E-state index >= 15 is 0 Å². The molecule has 2 aromatic carbocycles. The molecule has 0 fully saturated rings. The van der Waals surface area contributed by atoms with Crippen molar-refractivity contribution >= 4 is 34.8 Å². The minimum atomic E-state index is -0.288. The average molecular weight is 362 g/mol. The highest BCUT2D eigenvalue weighted by Gasteiger charge is 2.10. The van der Waals surface area contributed by atoms with Crippen molar-refractivity contribution in [3.05, 3.63) is 76.5 Å². The fourth-order valence-electron chi connectivity index (χ4n) is 2.00. The molecule has 122 valence electrons. The first-order valence-corrected chi connectivity index (χ1v) is 7.85. The number of rotatable bonds is 5. The number of nitrogens with zero attached hydrogens (tertiary/aromatic N) is 2. The predicted molar refractivity (Wildman–Crippen MR) is 93.7 cm³/mol. The lowest BCUT2D eigenvalue weighted by molar-refractivity contribution is 0.102. The number of carbonyl (C=O) groups excluding carboxylic acids is 1. The van der Waals surface area contributed by atoms with Gasteiger partial charge in [0.1, 0.15) is 5.75 Å². The van der Waals surface area contributed by atoms with Crippen molar-refractivity contribution in [3.8, 4) is 5.75 Å². The van der Waals surface area contributed by atoms with E-state index in [1.807, 2.05) is 18.2 Å². The highest BCUT2D eigenvalue weighted by molar-refractivity contribution is 6.35. The summed E-state index contributed by atoms with van der Waals surface area (Å²) in [7, 11) is 0. The summed E-state index contributed by atoms with van der Waals surface area (Å²) < 4.78 is 7.07. The number of anilines is 1. The number of hydrogen-bond donors (Lipinski definition) is 1. The van der Waals surface area contributed by atoms with Crippen LogP contribution in [0.3, 0.4) is 0 Å². The molecule has 0 radical (unpaired) electrons. The van der Waals surface area contributed by atoms with Crippen LogP contribution in [0.4, 0.5) is 5.69 Å². The normalized spacial score (nSPS) is 10.4. The fraction of sp³-hybridized carbons (Fsp3) is 0.0588. The first kappa shape index (κ1) is 16.4. The van der Waals surface area contributed by atoms with E-state index in [2.05, 4.69) is 10.4 Å². The van der Waals surface area contributed by atoms with Crippen LogP contribution >= 0.6 is 23.2 Å². The van der Waals surface area contributed by atoms with Gasteiger partial charge in [0.25, 0.3) is 5.91 Å². The van der Waals surface area contributed by atoms with Gasteiger partial charge >= 0.3 is 0 Å². The van der Waals surface area contributed by atoms with Crippen LogP contribution in [0, 0.1) is 0 Å². The standard InChI is InChI=1S/C17H13Cl2N3O2/c18-12-6-7-16(14(19)10-12)24-11-22-9-8-15(21-22)17(23)20-13-4-2-1-3-5-13/h1-10H,11H2,(H,20,23). The Morgan fingerprint density at radius 2 is 1.92 bits per heavy atom. The smallest absolute Gasteiger partial charge is 0.276 e. The minimum Gasteiger partial charge on any atom is -0.470 e. The maximum atomic E-state index is 12.1. The molecule has 0 bridgehead atoms. The summed E-state index contributed by atoms with van der Waals surface area (Å²) in [6.07, 6.45) is 1.66. The zero-order valence-electron chi connectivity index (χ0n) is 12.4. The molecule has 3 aromatic rings. The first-order chi connectivity index (χ1) is 11.6. The van der Waals surface area contributed by atoms with E-state index in [-0.39, 0.29) is 12.6 Å². The largest absolute Gasteiger partial charge is 0.470 e.